The normalized spacial score (nSPS) is 15.0. The molecule has 1 aliphatic rings. The van der Waals surface area contributed by atoms with Gasteiger partial charge in [0.25, 0.3) is 0 Å². The lowest BCUT2D eigenvalue weighted by atomic mass is 10.2. The van der Waals surface area contributed by atoms with Gasteiger partial charge in [0.15, 0.2) is 0 Å². The quantitative estimate of drug-likeness (QED) is 0.838. The average Bonchev–Trinajstić information content (AvgIpc) is 2.68. The first-order valence-electron chi connectivity index (χ1n) is 8.60. The highest BCUT2D eigenvalue weighted by molar-refractivity contribution is 5.94. The zero-order chi connectivity index (χ0) is 17.6. The van der Waals surface area contributed by atoms with Crippen LogP contribution in [-0.4, -0.2) is 57.7 Å². The van der Waals surface area contributed by atoms with E-state index in [0.29, 0.717) is 6.54 Å². The number of piperazine rings is 1. The lowest BCUT2D eigenvalue weighted by molar-refractivity contribution is -0.119. The molecule has 0 radical (unpaired) electrons. The maximum atomic E-state index is 12.5. The molecule has 0 aromatic heterocycles. The minimum atomic E-state index is 0.126. The van der Waals surface area contributed by atoms with Crippen LogP contribution in [0.5, 0.6) is 5.75 Å². The summed E-state index contributed by atoms with van der Waals surface area (Å²) < 4.78 is 5.30. The fraction of sp³-hybridized carbons (Fsp3) is 0.350. The number of hydrogen-bond donors (Lipinski definition) is 0. The van der Waals surface area contributed by atoms with E-state index in [1.165, 1.54) is 5.69 Å². The van der Waals surface area contributed by atoms with Crippen molar-refractivity contribution in [1.29, 1.82) is 0 Å². The Labute approximate surface area is 149 Å². The molecule has 2 aromatic carbocycles. The van der Waals surface area contributed by atoms with Gasteiger partial charge in [-0.1, -0.05) is 24.3 Å². The molecule has 1 aliphatic heterocycles. The predicted octanol–water partition coefficient (Wildman–Crippen LogP) is 2.48. The topological polar surface area (TPSA) is 36.0 Å². The molecular formula is C20H25N3O2. The number of benzene rings is 2. The maximum absolute atomic E-state index is 12.5. The summed E-state index contributed by atoms with van der Waals surface area (Å²) in [6, 6.07) is 17.9. The number of methoxy groups -OCH3 is 1. The Hall–Kier alpha value is -2.53. The molecule has 25 heavy (non-hydrogen) atoms. The summed E-state index contributed by atoms with van der Waals surface area (Å²) in [7, 11) is 3.52. The predicted molar refractivity (Wildman–Crippen MR) is 101 cm³/mol. The monoisotopic (exact) mass is 339 g/mol. The second kappa shape index (κ2) is 8.03. The summed E-state index contributed by atoms with van der Waals surface area (Å²) in [5.74, 6) is 1.00. The van der Waals surface area contributed by atoms with Crippen molar-refractivity contribution in [3.8, 4) is 5.75 Å². The molecule has 1 heterocycles. The van der Waals surface area contributed by atoms with E-state index in [1.54, 1.807) is 12.0 Å². The third kappa shape index (κ3) is 4.31. The number of nitrogens with zero attached hydrogens (tertiary/aromatic N) is 3. The van der Waals surface area contributed by atoms with Crippen LogP contribution in [0.2, 0.25) is 0 Å². The molecule has 1 amide bonds. The van der Waals surface area contributed by atoms with Crippen molar-refractivity contribution in [2.45, 2.75) is 0 Å². The van der Waals surface area contributed by atoms with Crippen LogP contribution in [0.25, 0.3) is 0 Å². The molecule has 2 aromatic rings. The molecule has 0 aliphatic carbocycles. The number of carbonyl (C=O) groups is 1. The number of anilines is 2. The van der Waals surface area contributed by atoms with Crippen molar-refractivity contribution in [1.82, 2.24) is 4.90 Å². The number of amides is 1. The molecule has 5 nitrogen and oxygen atoms in total. The zero-order valence-corrected chi connectivity index (χ0v) is 14.9. The minimum absolute atomic E-state index is 0.126. The van der Waals surface area contributed by atoms with Gasteiger partial charge in [0.05, 0.1) is 13.7 Å². The second-order valence-electron chi connectivity index (χ2n) is 6.25. The van der Waals surface area contributed by atoms with Gasteiger partial charge in [-0.05, 0) is 24.3 Å². The van der Waals surface area contributed by atoms with E-state index in [9.17, 15) is 4.79 Å². The Balaban J connectivity index is 1.53. The van der Waals surface area contributed by atoms with Crippen LogP contribution in [-0.2, 0) is 4.79 Å². The summed E-state index contributed by atoms with van der Waals surface area (Å²) in [4.78, 5) is 18.8. The molecular weight excluding hydrogens is 314 g/mol. The van der Waals surface area contributed by atoms with Crippen LogP contribution >= 0.6 is 0 Å². The second-order valence-corrected chi connectivity index (χ2v) is 6.25. The van der Waals surface area contributed by atoms with Crippen LogP contribution < -0.4 is 14.5 Å². The fourth-order valence-electron chi connectivity index (χ4n) is 3.06. The van der Waals surface area contributed by atoms with Crippen molar-refractivity contribution in [3.63, 3.8) is 0 Å². The van der Waals surface area contributed by atoms with Gasteiger partial charge in [-0.3, -0.25) is 9.69 Å². The smallest absolute Gasteiger partial charge is 0.240 e. The van der Waals surface area contributed by atoms with E-state index in [1.807, 2.05) is 49.5 Å². The molecule has 0 spiro atoms. The van der Waals surface area contributed by atoms with Crippen LogP contribution in [0.4, 0.5) is 11.4 Å². The van der Waals surface area contributed by atoms with E-state index in [0.717, 1.165) is 37.6 Å². The van der Waals surface area contributed by atoms with Gasteiger partial charge in [-0.15, -0.1) is 0 Å². The molecule has 5 heteroatoms. The van der Waals surface area contributed by atoms with Crippen molar-refractivity contribution in [2.24, 2.45) is 0 Å². The Morgan fingerprint density at radius 1 is 1.04 bits per heavy atom. The van der Waals surface area contributed by atoms with E-state index >= 15 is 0 Å². The van der Waals surface area contributed by atoms with E-state index in [2.05, 4.69) is 21.9 Å². The summed E-state index contributed by atoms with van der Waals surface area (Å²) in [6.45, 7) is 4.04. The lowest BCUT2D eigenvalue weighted by Gasteiger charge is -2.36. The molecule has 0 saturated carbocycles. The summed E-state index contributed by atoms with van der Waals surface area (Å²) >= 11 is 0. The van der Waals surface area contributed by atoms with E-state index in [-0.39, 0.29) is 5.91 Å². The highest BCUT2D eigenvalue weighted by Crippen LogP contribution is 2.22. The molecule has 0 N–H and O–H groups in total. The number of para-hydroxylation sites is 1. The Morgan fingerprint density at radius 3 is 2.44 bits per heavy atom. The largest absolute Gasteiger partial charge is 0.497 e. The number of likely N-dealkylation sites (N-methyl/N-ethyl adjacent to an activating group) is 1. The maximum Gasteiger partial charge on any atom is 0.240 e. The fourth-order valence-corrected chi connectivity index (χ4v) is 3.06. The third-order valence-corrected chi connectivity index (χ3v) is 4.67. The van der Waals surface area contributed by atoms with Crippen molar-refractivity contribution < 1.29 is 9.53 Å². The van der Waals surface area contributed by atoms with E-state index in [4.69, 9.17) is 4.74 Å². The molecule has 3 rings (SSSR count). The molecule has 132 valence electrons. The van der Waals surface area contributed by atoms with Gasteiger partial charge in [-0.2, -0.15) is 0 Å². The highest BCUT2D eigenvalue weighted by atomic mass is 16.5. The van der Waals surface area contributed by atoms with Gasteiger partial charge >= 0.3 is 0 Å². The number of ether oxygens (including phenoxy) is 1. The molecule has 1 fully saturated rings. The summed E-state index contributed by atoms with van der Waals surface area (Å²) in [5.41, 5.74) is 2.11. The van der Waals surface area contributed by atoms with E-state index < -0.39 is 0 Å². The Kier molecular flexibility index (Phi) is 5.56. The van der Waals surface area contributed by atoms with Crippen LogP contribution in [0.3, 0.4) is 0 Å². The first-order chi connectivity index (χ1) is 12.2. The number of rotatable bonds is 5. The van der Waals surface area contributed by atoms with Gasteiger partial charge in [0, 0.05) is 50.7 Å². The first kappa shape index (κ1) is 17.3. The Morgan fingerprint density at radius 2 is 1.76 bits per heavy atom. The number of hydrogen-bond acceptors (Lipinski definition) is 4. The number of carbonyl (C=O) groups excluding carboxylic acids is 1. The summed E-state index contributed by atoms with van der Waals surface area (Å²) in [5, 5.41) is 0. The molecule has 0 unspecified atom stereocenters. The lowest BCUT2D eigenvalue weighted by Crippen LogP contribution is -2.49. The van der Waals surface area contributed by atoms with Gasteiger partial charge in [0.2, 0.25) is 5.91 Å². The van der Waals surface area contributed by atoms with Crippen molar-refractivity contribution in [3.05, 3.63) is 54.6 Å². The first-order valence-corrected chi connectivity index (χ1v) is 8.60. The van der Waals surface area contributed by atoms with Gasteiger partial charge in [-0.25, -0.2) is 0 Å². The molecule has 1 saturated heterocycles. The molecule has 0 atom stereocenters. The van der Waals surface area contributed by atoms with Crippen LogP contribution in [0.1, 0.15) is 0 Å². The Bertz CT molecular complexity index is 697. The van der Waals surface area contributed by atoms with Gasteiger partial charge < -0.3 is 14.5 Å². The van der Waals surface area contributed by atoms with Crippen molar-refractivity contribution >= 4 is 17.3 Å². The summed E-state index contributed by atoms with van der Waals surface area (Å²) in [6.07, 6.45) is 0. The van der Waals surface area contributed by atoms with Crippen molar-refractivity contribution in [2.75, 3.05) is 56.7 Å². The highest BCUT2D eigenvalue weighted by Gasteiger charge is 2.21. The standard InChI is InChI=1S/C20H25N3O2/c1-21(17-7-4-3-5-8-17)20(24)16-22-11-13-23(14-12-22)18-9-6-10-19(15-18)25-2/h3-10,15H,11-14,16H2,1-2H3. The third-order valence-electron chi connectivity index (χ3n) is 4.67. The van der Waals surface area contributed by atoms with Crippen LogP contribution in [0, 0.1) is 0 Å². The minimum Gasteiger partial charge on any atom is -0.497 e. The zero-order valence-electron chi connectivity index (χ0n) is 14.9. The average molecular weight is 339 g/mol. The molecule has 0 bridgehead atoms. The SMILES string of the molecule is COc1cccc(N2CCN(CC(=O)N(C)c3ccccc3)CC2)c1. The van der Waals surface area contributed by atoms with Crippen LogP contribution in [0.15, 0.2) is 54.6 Å². The van der Waals surface area contributed by atoms with Gasteiger partial charge in [0.1, 0.15) is 5.75 Å².